The van der Waals surface area contributed by atoms with Gasteiger partial charge >= 0.3 is 0 Å². The molecule has 0 amide bonds. The molecular weight excluding hydrogens is 250 g/mol. The molecule has 0 radical (unpaired) electrons. The van der Waals surface area contributed by atoms with Crippen molar-refractivity contribution >= 4 is 0 Å². The van der Waals surface area contributed by atoms with Gasteiger partial charge in [0.25, 0.3) is 0 Å². The van der Waals surface area contributed by atoms with Crippen LogP contribution in [0.15, 0.2) is 24.3 Å². The van der Waals surface area contributed by atoms with E-state index in [1.807, 2.05) is 12.1 Å². The van der Waals surface area contributed by atoms with Crippen LogP contribution in [0.1, 0.15) is 38.2 Å². The monoisotopic (exact) mass is 277 g/mol. The summed E-state index contributed by atoms with van der Waals surface area (Å²) < 4.78 is 5.20. The van der Waals surface area contributed by atoms with E-state index in [4.69, 9.17) is 4.74 Å². The van der Waals surface area contributed by atoms with E-state index in [1.165, 1.54) is 12.0 Å². The molecule has 1 aliphatic heterocycles. The molecule has 0 bridgehead atoms. The molecule has 1 aliphatic rings. The van der Waals surface area contributed by atoms with Gasteiger partial charge in [0.2, 0.25) is 0 Å². The SMILES string of the molecule is COc1ccc([C@H](C)CN2CCC[C@@](C)(CO)C2)cc1. The van der Waals surface area contributed by atoms with Crippen LogP contribution < -0.4 is 4.74 Å². The van der Waals surface area contributed by atoms with E-state index in [9.17, 15) is 5.11 Å². The Labute approximate surface area is 122 Å². The maximum Gasteiger partial charge on any atom is 0.118 e. The number of methoxy groups -OCH3 is 1. The van der Waals surface area contributed by atoms with Gasteiger partial charge < -0.3 is 14.7 Å². The Balaban J connectivity index is 1.94. The van der Waals surface area contributed by atoms with Gasteiger partial charge in [0.05, 0.1) is 7.11 Å². The molecule has 1 N–H and O–H groups in total. The average molecular weight is 277 g/mol. The summed E-state index contributed by atoms with van der Waals surface area (Å²) in [6.07, 6.45) is 2.32. The highest BCUT2D eigenvalue weighted by atomic mass is 16.5. The molecule has 1 fully saturated rings. The fraction of sp³-hybridized carbons (Fsp3) is 0.647. The minimum Gasteiger partial charge on any atom is -0.497 e. The smallest absolute Gasteiger partial charge is 0.118 e. The lowest BCUT2D eigenvalue weighted by atomic mass is 9.82. The van der Waals surface area contributed by atoms with Crippen molar-refractivity contribution in [3.8, 4) is 5.75 Å². The van der Waals surface area contributed by atoms with Gasteiger partial charge in [-0.2, -0.15) is 0 Å². The molecule has 0 spiro atoms. The first-order valence-corrected chi connectivity index (χ1v) is 7.53. The number of benzene rings is 1. The molecular formula is C17H27NO2. The number of nitrogens with zero attached hydrogens (tertiary/aromatic N) is 1. The highest BCUT2D eigenvalue weighted by Crippen LogP contribution is 2.30. The normalized spacial score (nSPS) is 25.4. The molecule has 1 aromatic rings. The lowest BCUT2D eigenvalue weighted by Gasteiger charge is -2.40. The number of aliphatic hydroxyl groups is 1. The van der Waals surface area contributed by atoms with Crippen molar-refractivity contribution in [2.75, 3.05) is 33.4 Å². The van der Waals surface area contributed by atoms with Crippen molar-refractivity contribution in [3.05, 3.63) is 29.8 Å². The van der Waals surface area contributed by atoms with E-state index in [0.29, 0.717) is 12.5 Å². The van der Waals surface area contributed by atoms with Gasteiger partial charge in [0, 0.05) is 25.1 Å². The fourth-order valence-corrected chi connectivity index (χ4v) is 3.14. The van der Waals surface area contributed by atoms with E-state index in [0.717, 1.165) is 31.8 Å². The third-order valence-electron chi connectivity index (χ3n) is 4.46. The summed E-state index contributed by atoms with van der Waals surface area (Å²) in [6, 6.07) is 8.36. The minimum atomic E-state index is 0.0812. The molecule has 20 heavy (non-hydrogen) atoms. The molecule has 1 heterocycles. The zero-order valence-electron chi connectivity index (χ0n) is 12.9. The quantitative estimate of drug-likeness (QED) is 0.898. The second kappa shape index (κ2) is 6.59. The Kier molecular flexibility index (Phi) is 5.06. The van der Waals surface area contributed by atoms with Crippen molar-refractivity contribution in [3.63, 3.8) is 0 Å². The molecule has 3 nitrogen and oxygen atoms in total. The van der Waals surface area contributed by atoms with Gasteiger partial charge in [-0.1, -0.05) is 26.0 Å². The van der Waals surface area contributed by atoms with Crippen LogP contribution in [0.25, 0.3) is 0 Å². The van der Waals surface area contributed by atoms with Crippen LogP contribution in [0.5, 0.6) is 5.75 Å². The number of hydrogen-bond donors (Lipinski definition) is 1. The Morgan fingerprint density at radius 2 is 2.05 bits per heavy atom. The Hall–Kier alpha value is -1.06. The molecule has 1 saturated heterocycles. The van der Waals surface area contributed by atoms with Gasteiger partial charge in [0.1, 0.15) is 5.75 Å². The maximum atomic E-state index is 9.54. The lowest BCUT2D eigenvalue weighted by molar-refractivity contribution is 0.0444. The van der Waals surface area contributed by atoms with Crippen molar-refractivity contribution in [2.45, 2.75) is 32.6 Å². The van der Waals surface area contributed by atoms with Gasteiger partial charge in [-0.3, -0.25) is 0 Å². The van der Waals surface area contributed by atoms with Crippen LogP contribution in [0.2, 0.25) is 0 Å². The predicted molar refractivity (Wildman–Crippen MR) is 82.3 cm³/mol. The first kappa shape index (κ1) is 15.3. The number of aliphatic hydroxyl groups excluding tert-OH is 1. The third-order valence-corrected chi connectivity index (χ3v) is 4.46. The number of hydrogen-bond acceptors (Lipinski definition) is 3. The largest absolute Gasteiger partial charge is 0.497 e. The summed E-state index contributed by atoms with van der Waals surface area (Å²) in [4.78, 5) is 2.49. The van der Waals surface area contributed by atoms with Crippen molar-refractivity contribution in [2.24, 2.45) is 5.41 Å². The van der Waals surface area contributed by atoms with Crippen LogP contribution in [0.3, 0.4) is 0 Å². The van der Waals surface area contributed by atoms with Crippen molar-refractivity contribution in [1.29, 1.82) is 0 Å². The minimum absolute atomic E-state index is 0.0812. The predicted octanol–water partition coefficient (Wildman–Crippen LogP) is 2.89. The summed E-state index contributed by atoms with van der Waals surface area (Å²) in [5, 5.41) is 9.54. The molecule has 2 rings (SSSR count). The summed E-state index contributed by atoms with van der Waals surface area (Å²) in [6.45, 7) is 7.96. The molecule has 0 unspecified atom stereocenters. The van der Waals surface area contributed by atoms with Crippen LogP contribution in [-0.4, -0.2) is 43.4 Å². The van der Waals surface area contributed by atoms with Gasteiger partial charge in [-0.15, -0.1) is 0 Å². The summed E-state index contributed by atoms with van der Waals surface area (Å²) in [7, 11) is 1.70. The zero-order chi connectivity index (χ0) is 14.6. The standard InChI is InChI=1S/C17H27NO2/c1-14(15-5-7-16(20-3)8-6-15)11-18-10-4-9-17(2,12-18)13-19/h5-8,14,19H,4,9-13H2,1-3H3/t14-,17-/m1/s1. The Morgan fingerprint density at radius 3 is 2.65 bits per heavy atom. The molecule has 112 valence electrons. The summed E-state index contributed by atoms with van der Waals surface area (Å²) in [5.74, 6) is 1.41. The summed E-state index contributed by atoms with van der Waals surface area (Å²) >= 11 is 0. The number of likely N-dealkylation sites (tertiary alicyclic amines) is 1. The van der Waals surface area contributed by atoms with E-state index in [-0.39, 0.29) is 5.41 Å². The summed E-state index contributed by atoms with van der Waals surface area (Å²) in [5.41, 5.74) is 1.43. The van der Waals surface area contributed by atoms with Crippen LogP contribution in [0.4, 0.5) is 0 Å². The van der Waals surface area contributed by atoms with E-state index >= 15 is 0 Å². The van der Waals surface area contributed by atoms with Crippen LogP contribution in [0, 0.1) is 5.41 Å². The van der Waals surface area contributed by atoms with E-state index < -0.39 is 0 Å². The lowest BCUT2D eigenvalue weighted by Crippen LogP contribution is -2.44. The first-order chi connectivity index (χ1) is 9.56. The van der Waals surface area contributed by atoms with Crippen molar-refractivity contribution in [1.82, 2.24) is 4.90 Å². The molecule has 0 aromatic heterocycles. The Morgan fingerprint density at radius 1 is 1.35 bits per heavy atom. The van der Waals surface area contributed by atoms with Crippen molar-refractivity contribution < 1.29 is 9.84 Å². The van der Waals surface area contributed by atoms with Gasteiger partial charge in [-0.05, 0) is 43.0 Å². The van der Waals surface area contributed by atoms with Gasteiger partial charge in [-0.25, -0.2) is 0 Å². The first-order valence-electron chi connectivity index (χ1n) is 7.53. The molecule has 1 aromatic carbocycles. The fourth-order valence-electron chi connectivity index (χ4n) is 3.14. The second-order valence-corrected chi connectivity index (χ2v) is 6.48. The second-order valence-electron chi connectivity index (χ2n) is 6.48. The molecule has 3 heteroatoms. The zero-order valence-corrected chi connectivity index (χ0v) is 12.9. The Bertz CT molecular complexity index is 418. The van der Waals surface area contributed by atoms with E-state index in [1.54, 1.807) is 7.11 Å². The number of piperidine rings is 1. The van der Waals surface area contributed by atoms with Crippen LogP contribution in [-0.2, 0) is 0 Å². The topological polar surface area (TPSA) is 32.7 Å². The third kappa shape index (κ3) is 3.74. The molecule has 0 saturated carbocycles. The average Bonchev–Trinajstić information content (AvgIpc) is 2.47. The molecule has 0 aliphatic carbocycles. The highest BCUT2D eigenvalue weighted by Gasteiger charge is 2.30. The van der Waals surface area contributed by atoms with Crippen LogP contribution >= 0.6 is 0 Å². The highest BCUT2D eigenvalue weighted by molar-refractivity contribution is 5.29. The number of ether oxygens (including phenoxy) is 1. The van der Waals surface area contributed by atoms with Gasteiger partial charge in [0.15, 0.2) is 0 Å². The number of rotatable bonds is 5. The van der Waals surface area contributed by atoms with E-state index in [2.05, 4.69) is 30.9 Å². The maximum absolute atomic E-state index is 9.54. The molecule has 2 atom stereocenters.